The third-order valence-corrected chi connectivity index (χ3v) is 2.68. The van der Waals surface area contributed by atoms with Crippen LogP contribution in [0.1, 0.15) is 11.1 Å². The van der Waals surface area contributed by atoms with Crippen LogP contribution in [0, 0.1) is 6.92 Å². The van der Waals surface area contributed by atoms with Crippen LogP contribution in [0.5, 0.6) is 0 Å². The highest BCUT2D eigenvalue weighted by Gasteiger charge is 2.18. The van der Waals surface area contributed by atoms with Crippen LogP contribution in [0.3, 0.4) is 0 Å². The molecule has 0 aliphatic carbocycles. The maximum Gasteiger partial charge on any atom is 0.396 e. The van der Waals surface area contributed by atoms with Gasteiger partial charge in [0, 0.05) is 13.6 Å². The molecule has 0 aliphatic heterocycles. The summed E-state index contributed by atoms with van der Waals surface area (Å²) in [5.74, 6) is -1.43. The summed E-state index contributed by atoms with van der Waals surface area (Å²) < 4.78 is 4.38. The molecule has 0 fully saturated rings. The van der Waals surface area contributed by atoms with Gasteiger partial charge in [-0.3, -0.25) is 4.79 Å². The number of hydrogen-bond donors (Lipinski definition) is 0. The summed E-state index contributed by atoms with van der Waals surface area (Å²) >= 11 is 0. The van der Waals surface area contributed by atoms with Crippen molar-refractivity contribution in [3.8, 4) is 0 Å². The number of rotatable bonds is 3. The largest absolute Gasteiger partial charge is 0.462 e. The monoisotopic (exact) mass is 235 g/mol. The Bertz CT molecular complexity index is 415. The molecule has 0 aliphatic rings. The fourth-order valence-corrected chi connectivity index (χ4v) is 1.52. The van der Waals surface area contributed by atoms with Crippen LogP contribution < -0.4 is 0 Å². The minimum Gasteiger partial charge on any atom is -0.462 e. The average Bonchev–Trinajstić information content (AvgIpc) is 2.35. The van der Waals surface area contributed by atoms with Crippen molar-refractivity contribution in [2.45, 2.75) is 13.3 Å². The van der Waals surface area contributed by atoms with Gasteiger partial charge in [-0.05, 0) is 24.5 Å². The Kier molecular flexibility index (Phi) is 4.69. The number of carbonyl (C=O) groups is 2. The minimum absolute atomic E-state index is 0.499. The van der Waals surface area contributed by atoms with E-state index >= 15 is 0 Å². The van der Waals surface area contributed by atoms with Crippen LogP contribution in [-0.4, -0.2) is 37.5 Å². The molecule has 0 spiro atoms. The summed E-state index contributed by atoms with van der Waals surface area (Å²) in [5, 5.41) is 0. The maximum atomic E-state index is 11.4. The molecule has 0 unspecified atom stereocenters. The van der Waals surface area contributed by atoms with E-state index in [1.165, 1.54) is 23.1 Å². The zero-order valence-electron chi connectivity index (χ0n) is 10.4. The van der Waals surface area contributed by atoms with Crippen LogP contribution in [0.4, 0.5) is 0 Å². The predicted molar refractivity (Wildman–Crippen MR) is 64.5 cm³/mol. The van der Waals surface area contributed by atoms with Gasteiger partial charge >= 0.3 is 11.9 Å². The molecule has 17 heavy (non-hydrogen) atoms. The fraction of sp³-hybridized carbons (Fsp3) is 0.385. The molecule has 0 saturated heterocycles. The van der Waals surface area contributed by atoms with E-state index in [2.05, 4.69) is 4.74 Å². The van der Waals surface area contributed by atoms with Gasteiger partial charge in [0.25, 0.3) is 0 Å². The summed E-state index contributed by atoms with van der Waals surface area (Å²) in [4.78, 5) is 23.8. The summed E-state index contributed by atoms with van der Waals surface area (Å²) in [7, 11) is 2.80. The van der Waals surface area contributed by atoms with E-state index in [-0.39, 0.29) is 0 Å². The summed E-state index contributed by atoms with van der Waals surface area (Å²) in [5.41, 5.74) is 2.36. The molecular weight excluding hydrogens is 218 g/mol. The lowest BCUT2D eigenvalue weighted by molar-refractivity contribution is -0.157. The first-order chi connectivity index (χ1) is 8.06. The molecule has 0 aromatic heterocycles. The number of benzene rings is 1. The summed E-state index contributed by atoms with van der Waals surface area (Å²) in [6.45, 7) is 2.52. The molecule has 0 atom stereocenters. The molecule has 0 heterocycles. The standard InChI is InChI=1S/C13H17NO3/c1-10-6-4-5-7-11(10)8-9-14(2)12(15)13(16)17-3/h4-7H,8-9H2,1-3H3. The third kappa shape index (κ3) is 3.59. The molecule has 1 aromatic carbocycles. The van der Waals surface area contributed by atoms with Gasteiger partial charge in [0.15, 0.2) is 0 Å². The molecule has 0 saturated carbocycles. The first-order valence-electron chi connectivity index (χ1n) is 5.44. The van der Waals surface area contributed by atoms with Crippen molar-refractivity contribution < 1.29 is 14.3 Å². The lowest BCUT2D eigenvalue weighted by Gasteiger charge is -2.16. The van der Waals surface area contributed by atoms with Gasteiger partial charge in [0.05, 0.1) is 7.11 Å². The van der Waals surface area contributed by atoms with E-state index in [0.29, 0.717) is 6.54 Å². The van der Waals surface area contributed by atoms with Crippen molar-refractivity contribution in [1.82, 2.24) is 4.90 Å². The Morgan fingerprint density at radius 1 is 1.29 bits per heavy atom. The van der Waals surface area contributed by atoms with Gasteiger partial charge in [0.1, 0.15) is 0 Å². The molecule has 1 aromatic rings. The number of carbonyl (C=O) groups excluding carboxylic acids is 2. The van der Waals surface area contributed by atoms with Crippen molar-refractivity contribution in [3.63, 3.8) is 0 Å². The van der Waals surface area contributed by atoms with Crippen molar-refractivity contribution in [1.29, 1.82) is 0 Å². The highest BCUT2D eigenvalue weighted by molar-refractivity contribution is 6.32. The van der Waals surface area contributed by atoms with Crippen molar-refractivity contribution in [2.24, 2.45) is 0 Å². The lowest BCUT2D eigenvalue weighted by Crippen LogP contribution is -2.35. The number of esters is 1. The third-order valence-electron chi connectivity index (χ3n) is 2.68. The number of nitrogens with zero attached hydrogens (tertiary/aromatic N) is 1. The van der Waals surface area contributed by atoms with Gasteiger partial charge in [-0.15, -0.1) is 0 Å². The number of hydrogen-bond acceptors (Lipinski definition) is 3. The number of methoxy groups -OCH3 is 1. The molecule has 0 bridgehead atoms. The van der Waals surface area contributed by atoms with E-state index < -0.39 is 11.9 Å². The summed E-state index contributed by atoms with van der Waals surface area (Å²) in [6, 6.07) is 7.98. The van der Waals surface area contributed by atoms with E-state index in [9.17, 15) is 9.59 Å². The Hall–Kier alpha value is -1.84. The minimum atomic E-state index is -0.822. The topological polar surface area (TPSA) is 46.6 Å². The molecule has 0 radical (unpaired) electrons. The van der Waals surface area contributed by atoms with Crippen LogP contribution in [-0.2, 0) is 20.7 Å². The van der Waals surface area contributed by atoms with E-state index in [1.807, 2.05) is 31.2 Å². The Morgan fingerprint density at radius 3 is 2.53 bits per heavy atom. The molecule has 92 valence electrons. The Morgan fingerprint density at radius 2 is 1.94 bits per heavy atom. The highest BCUT2D eigenvalue weighted by Crippen LogP contribution is 2.08. The van der Waals surface area contributed by atoms with Crippen molar-refractivity contribution in [3.05, 3.63) is 35.4 Å². The van der Waals surface area contributed by atoms with Crippen molar-refractivity contribution >= 4 is 11.9 Å². The van der Waals surface area contributed by atoms with E-state index in [1.54, 1.807) is 7.05 Å². The smallest absolute Gasteiger partial charge is 0.396 e. The van der Waals surface area contributed by atoms with Crippen molar-refractivity contribution in [2.75, 3.05) is 20.7 Å². The zero-order chi connectivity index (χ0) is 12.8. The van der Waals surface area contributed by atoms with Crippen LogP contribution in [0.15, 0.2) is 24.3 Å². The van der Waals surface area contributed by atoms with Gasteiger partial charge in [-0.25, -0.2) is 4.79 Å². The van der Waals surface area contributed by atoms with Gasteiger partial charge in [0.2, 0.25) is 0 Å². The molecule has 1 rings (SSSR count). The average molecular weight is 235 g/mol. The highest BCUT2D eigenvalue weighted by atomic mass is 16.5. The number of aryl methyl sites for hydroxylation is 1. The first-order valence-corrected chi connectivity index (χ1v) is 5.44. The number of likely N-dealkylation sites (N-methyl/N-ethyl adjacent to an activating group) is 1. The second-order valence-electron chi connectivity index (χ2n) is 3.89. The fourth-order valence-electron chi connectivity index (χ4n) is 1.52. The molecule has 1 amide bonds. The maximum absolute atomic E-state index is 11.4. The van der Waals surface area contributed by atoms with E-state index in [0.717, 1.165) is 6.42 Å². The lowest BCUT2D eigenvalue weighted by atomic mass is 10.1. The molecule has 4 heteroatoms. The molecular formula is C13H17NO3. The van der Waals surface area contributed by atoms with Crippen LogP contribution >= 0.6 is 0 Å². The second kappa shape index (κ2) is 6.03. The predicted octanol–water partition coefficient (Wildman–Crippen LogP) is 1.17. The number of amides is 1. The molecule has 0 N–H and O–H groups in total. The SMILES string of the molecule is COC(=O)C(=O)N(C)CCc1ccccc1C. The van der Waals surface area contributed by atoms with Gasteiger partial charge in [-0.1, -0.05) is 24.3 Å². The number of ether oxygens (including phenoxy) is 1. The normalized spacial score (nSPS) is 9.82. The zero-order valence-corrected chi connectivity index (χ0v) is 10.4. The van der Waals surface area contributed by atoms with Gasteiger partial charge in [-0.2, -0.15) is 0 Å². The van der Waals surface area contributed by atoms with Crippen LogP contribution in [0.2, 0.25) is 0 Å². The van der Waals surface area contributed by atoms with Crippen LogP contribution in [0.25, 0.3) is 0 Å². The van der Waals surface area contributed by atoms with E-state index in [4.69, 9.17) is 0 Å². The quantitative estimate of drug-likeness (QED) is 0.583. The Balaban J connectivity index is 2.54. The summed E-state index contributed by atoms with van der Waals surface area (Å²) in [6.07, 6.45) is 0.728. The van der Waals surface area contributed by atoms with Gasteiger partial charge < -0.3 is 9.64 Å². The first kappa shape index (κ1) is 13.2. The Labute approximate surface area is 101 Å². The second-order valence-corrected chi connectivity index (χ2v) is 3.89. The molecule has 4 nitrogen and oxygen atoms in total.